The number of halogens is 1. The number of hydrogen-bond donors (Lipinski definition) is 1. The van der Waals surface area contributed by atoms with Crippen LogP contribution in [0.1, 0.15) is 38.7 Å². The molecule has 112 valence electrons. The van der Waals surface area contributed by atoms with E-state index in [1.54, 1.807) is 0 Å². The number of fused-ring (bicyclic) bond motifs is 2. The third kappa shape index (κ3) is 2.12. The SMILES string of the molecule is C=C1C(C)(C)[C@@H]2CC[C@@]1(C(=O)NCc1ccccc1Cl)C2. The molecule has 2 bridgehead atoms. The molecular formula is C18H22ClNO. The summed E-state index contributed by atoms with van der Waals surface area (Å²) in [5.74, 6) is 0.719. The van der Waals surface area contributed by atoms with Crippen LogP contribution in [0.25, 0.3) is 0 Å². The summed E-state index contributed by atoms with van der Waals surface area (Å²) in [6.45, 7) is 9.20. The van der Waals surface area contributed by atoms with Gasteiger partial charge in [-0.05, 0) is 42.2 Å². The van der Waals surface area contributed by atoms with Crippen LogP contribution in [-0.4, -0.2) is 5.91 Å². The summed E-state index contributed by atoms with van der Waals surface area (Å²) < 4.78 is 0. The molecule has 0 saturated heterocycles. The molecule has 1 amide bonds. The van der Waals surface area contributed by atoms with E-state index in [2.05, 4.69) is 25.7 Å². The average Bonchev–Trinajstić information content (AvgIpc) is 2.98. The number of benzene rings is 1. The van der Waals surface area contributed by atoms with Crippen LogP contribution in [0.2, 0.25) is 5.02 Å². The van der Waals surface area contributed by atoms with Crippen LogP contribution in [0.5, 0.6) is 0 Å². The molecule has 2 saturated carbocycles. The number of amides is 1. The first-order valence-electron chi connectivity index (χ1n) is 7.59. The maximum Gasteiger partial charge on any atom is 0.230 e. The van der Waals surface area contributed by atoms with Gasteiger partial charge >= 0.3 is 0 Å². The molecule has 3 heteroatoms. The molecule has 2 atom stereocenters. The molecular weight excluding hydrogens is 282 g/mol. The lowest BCUT2D eigenvalue weighted by Crippen LogP contribution is -2.41. The van der Waals surface area contributed by atoms with Gasteiger partial charge in [0, 0.05) is 11.6 Å². The van der Waals surface area contributed by atoms with Crippen molar-refractivity contribution in [1.29, 1.82) is 0 Å². The maximum atomic E-state index is 12.8. The summed E-state index contributed by atoms with van der Waals surface area (Å²) in [5, 5.41) is 3.78. The van der Waals surface area contributed by atoms with Crippen LogP contribution in [-0.2, 0) is 11.3 Å². The van der Waals surface area contributed by atoms with Crippen LogP contribution in [0, 0.1) is 16.7 Å². The lowest BCUT2D eigenvalue weighted by Gasteiger charge is -2.37. The summed E-state index contributed by atoms with van der Waals surface area (Å²) in [7, 11) is 0. The van der Waals surface area contributed by atoms with Gasteiger partial charge in [0.15, 0.2) is 0 Å². The minimum atomic E-state index is -0.352. The second-order valence-electron chi connectivity index (χ2n) is 7.00. The Morgan fingerprint density at radius 3 is 2.76 bits per heavy atom. The fraction of sp³-hybridized carbons (Fsp3) is 0.500. The first kappa shape index (κ1) is 14.6. The van der Waals surface area contributed by atoms with Gasteiger partial charge in [-0.2, -0.15) is 0 Å². The van der Waals surface area contributed by atoms with E-state index in [0.717, 1.165) is 30.4 Å². The van der Waals surface area contributed by atoms with Crippen molar-refractivity contribution in [2.45, 2.75) is 39.7 Å². The molecule has 0 aromatic heterocycles. The lowest BCUT2D eigenvalue weighted by molar-refractivity contribution is -0.128. The molecule has 3 rings (SSSR count). The highest BCUT2D eigenvalue weighted by Crippen LogP contribution is 2.65. The van der Waals surface area contributed by atoms with E-state index in [1.807, 2.05) is 24.3 Å². The van der Waals surface area contributed by atoms with Crippen LogP contribution in [0.3, 0.4) is 0 Å². The monoisotopic (exact) mass is 303 g/mol. The smallest absolute Gasteiger partial charge is 0.230 e. The minimum Gasteiger partial charge on any atom is -0.351 e. The summed E-state index contributed by atoms with van der Waals surface area (Å²) >= 11 is 6.15. The van der Waals surface area contributed by atoms with Crippen molar-refractivity contribution in [3.63, 3.8) is 0 Å². The summed E-state index contributed by atoms with van der Waals surface area (Å²) in [4.78, 5) is 12.8. The van der Waals surface area contributed by atoms with Gasteiger partial charge < -0.3 is 5.32 Å². The Balaban J connectivity index is 1.75. The van der Waals surface area contributed by atoms with Crippen molar-refractivity contribution >= 4 is 17.5 Å². The fourth-order valence-electron chi connectivity index (χ4n) is 4.13. The zero-order valence-corrected chi connectivity index (χ0v) is 13.5. The van der Waals surface area contributed by atoms with E-state index < -0.39 is 0 Å². The van der Waals surface area contributed by atoms with E-state index in [0.29, 0.717) is 17.5 Å². The molecule has 0 aliphatic heterocycles. The molecule has 21 heavy (non-hydrogen) atoms. The third-order valence-electron chi connectivity index (χ3n) is 5.72. The molecule has 0 radical (unpaired) electrons. The predicted molar refractivity (Wildman–Crippen MR) is 86.0 cm³/mol. The van der Waals surface area contributed by atoms with Gasteiger partial charge in [-0.1, -0.05) is 55.8 Å². The number of carbonyl (C=O) groups excluding carboxylic acids is 1. The molecule has 2 fully saturated rings. The van der Waals surface area contributed by atoms with Gasteiger partial charge in [0.05, 0.1) is 5.41 Å². The average molecular weight is 304 g/mol. The number of carbonyl (C=O) groups is 1. The zero-order valence-electron chi connectivity index (χ0n) is 12.7. The van der Waals surface area contributed by atoms with Crippen LogP contribution in [0.4, 0.5) is 0 Å². The first-order valence-corrected chi connectivity index (χ1v) is 7.97. The number of nitrogens with one attached hydrogen (secondary N) is 1. The Morgan fingerprint density at radius 1 is 1.43 bits per heavy atom. The van der Waals surface area contributed by atoms with E-state index in [4.69, 9.17) is 11.6 Å². The second-order valence-corrected chi connectivity index (χ2v) is 7.40. The molecule has 1 N–H and O–H groups in total. The Bertz CT molecular complexity index is 607. The highest BCUT2D eigenvalue weighted by molar-refractivity contribution is 6.31. The van der Waals surface area contributed by atoms with E-state index >= 15 is 0 Å². The lowest BCUT2D eigenvalue weighted by atomic mass is 9.68. The van der Waals surface area contributed by atoms with Crippen molar-refractivity contribution in [2.75, 3.05) is 0 Å². The third-order valence-corrected chi connectivity index (χ3v) is 6.09. The largest absolute Gasteiger partial charge is 0.351 e. The van der Waals surface area contributed by atoms with Gasteiger partial charge in [0.2, 0.25) is 5.91 Å². The fourth-order valence-corrected chi connectivity index (χ4v) is 4.33. The number of hydrogen-bond acceptors (Lipinski definition) is 1. The van der Waals surface area contributed by atoms with Gasteiger partial charge in [-0.3, -0.25) is 4.79 Å². The van der Waals surface area contributed by atoms with E-state index in [9.17, 15) is 4.79 Å². The zero-order chi connectivity index (χ0) is 15.3. The van der Waals surface area contributed by atoms with Crippen LogP contribution in [0.15, 0.2) is 36.4 Å². The van der Waals surface area contributed by atoms with E-state index in [1.165, 1.54) is 0 Å². The summed E-state index contributed by atoms with van der Waals surface area (Å²) in [6, 6.07) is 7.64. The predicted octanol–water partition coefficient (Wildman–Crippen LogP) is 4.34. The van der Waals surface area contributed by atoms with Gasteiger partial charge in [0.25, 0.3) is 0 Å². The highest BCUT2D eigenvalue weighted by Gasteiger charge is 2.60. The van der Waals surface area contributed by atoms with Crippen LogP contribution < -0.4 is 5.32 Å². The quantitative estimate of drug-likeness (QED) is 0.827. The van der Waals surface area contributed by atoms with Gasteiger partial charge in [0.1, 0.15) is 0 Å². The van der Waals surface area contributed by atoms with E-state index in [-0.39, 0.29) is 16.7 Å². The molecule has 0 spiro atoms. The standard InChI is InChI=1S/C18H22ClNO/c1-12-17(2,3)14-8-9-18(12,10-14)16(21)20-11-13-6-4-5-7-15(13)19/h4-7,14H,1,8-11H2,2-3H3,(H,20,21)/t14-,18-/m1/s1. The van der Waals surface area contributed by atoms with Gasteiger partial charge in [-0.15, -0.1) is 0 Å². The summed E-state index contributed by atoms with van der Waals surface area (Å²) in [6.07, 6.45) is 3.02. The van der Waals surface area contributed by atoms with Crippen molar-refractivity contribution in [2.24, 2.45) is 16.7 Å². The molecule has 1 aromatic rings. The minimum absolute atomic E-state index is 0.0833. The molecule has 2 aliphatic rings. The summed E-state index contributed by atoms with van der Waals surface area (Å²) in [5.41, 5.74) is 1.80. The molecule has 2 nitrogen and oxygen atoms in total. The van der Waals surface area contributed by atoms with Crippen molar-refractivity contribution in [3.8, 4) is 0 Å². The molecule has 0 unspecified atom stereocenters. The normalized spacial score (nSPS) is 29.7. The first-order chi connectivity index (χ1) is 9.88. The highest BCUT2D eigenvalue weighted by atomic mass is 35.5. The maximum absolute atomic E-state index is 12.8. The topological polar surface area (TPSA) is 29.1 Å². The van der Waals surface area contributed by atoms with Gasteiger partial charge in [-0.25, -0.2) is 0 Å². The second kappa shape index (κ2) is 4.88. The van der Waals surface area contributed by atoms with Crippen LogP contribution >= 0.6 is 11.6 Å². The Hall–Kier alpha value is -1.28. The Kier molecular flexibility index (Phi) is 3.40. The van der Waals surface area contributed by atoms with Crippen molar-refractivity contribution in [3.05, 3.63) is 47.0 Å². The molecule has 0 heterocycles. The number of rotatable bonds is 3. The molecule has 1 aromatic carbocycles. The Labute approximate surface area is 131 Å². The Morgan fingerprint density at radius 2 is 2.14 bits per heavy atom. The van der Waals surface area contributed by atoms with Crippen molar-refractivity contribution in [1.82, 2.24) is 5.32 Å². The van der Waals surface area contributed by atoms with Crippen molar-refractivity contribution < 1.29 is 4.79 Å². The molecule has 2 aliphatic carbocycles.